The van der Waals surface area contributed by atoms with Gasteiger partial charge in [-0.15, -0.1) is 0 Å². The minimum Gasteiger partial charge on any atom is -0.457 e. The van der Waals surface area contributed by atoms with Crippen molar-refractivity contribution in [3.8, 4) is 0 Å². The number of hydrogen-bond donors (Lipinski definition) is 1. The molecule has 0 bridgehead atoms. The molecule has 0 heterocycles. The number of hydrogen-bond acceptors (Lipinski definition) is 6. The second kappa shape index (κ2) is 32.9. The molecule has 0 aromatic carbocycles. The van der Waals surface area contributed by atoms with Crippen LogP contribution in [-0.2, 0) is 27.9 Å². The van der Waals surface area contributed by atoms with Crippen LogP contribution >= 0.6 is 7.82 Å². The first kappa shape index (κ1) is 46.7. The molecule has 0 aliphatic heterocycles. The maximum absolute atomic E-state index is 12.6. The molecule has 48 heavy (non-hydrogen) atoms. The average Bonchev–Trinajstić information content (AvgIpc) is 3.03. The fraction of sp³-hybridized carbons (Fsp3) is 0.821. The molecule has 282 valence electrons. The van der Waals surface area contributed by atoms with E-state index in [1.165, 1.54) is 70.6 Å². The Balaban J connectivity index is 4.22. The van der Waals surface area contributed by atoms with Gasteiger partial charge in [0.05, 0.1) is 34.4 Å². The van der Waals surface area contributed by atoms with Crippen molar-refractivity contribution in [2.45, 2.75) is 155 Å². The van der Waals surface area contributed by atoms with Gasteiger partial charge in [-0.25, -0.2) is 4.57 Å². The number of likely N-dealkylation sites (N-methyl/N-ethyl adjacent to an activating group) is 1. The number of phosphoric acid groups is 1. The van der Waals surface area contributed by atoms with Crippen LogP contribution in [0.15, 0.2) is 36.5 Å². The van der Waals surface area contributed by atoms with Crippen LogP contribution in [0.5, 0.6) is 0 Å². The number of ether oxygens (including phenoxy) is 2. The first-order chi connectivity index (χ1) is 23.1. The molecular weight excluding hydrogens is 625 g/mol. The van der Waals surface area contributed by atoms with Crippen LogP contribution in [0.25, 0.3) is 0 Å². The number of allylic oxidation sites excluding steroid dienone is 6. The van der Waals surface area contributed by atoms with E-state index in [9.17, 15) is 14.3 Å². The van der Waals surface area contributed by atoms with Gasteiger partial charge in [-0.2, -0.15) is 0 Å². The molecule has 0 aromatic heterocycles. The largest absolute Gasteiger partial charge is 0.472 e. The number of carbonyl (C=O) groups excluding carboxylic acids is 1. The first-order valence-electron chi connectivity index (χ1n) is 19.2. The monoisotopic (exact) mass is 701 g/mol. The number of rotatable bonds is 35. The Morgan fingerprint density at radius 3 is 1.75 bits per heavy atom. The van der Waals surface area contributed by atoms with Crippen LogP contribution in [0, 0.1) is 0 Å². The van der Waals surface area contributed by atoms with Gasteiger partial charge in [0.1, 0.15) is 19.3 Å². The van der Waals surface area contributed by atoms with Gasteiger partial charge in [0.2, 0.25) is 0 Å². The number of unbranched alkanes of at least 4 members (excludes halogenated alkanes) is 15. The summed E-state index contributed by atoms with van der Waals surface area (Å²) in [6.07, 6.45) is 36.0. The van der Waals surface area contributed by atoms with E-state index in [4.69, 9.17) is 18.5 Å². The molecule has 9 heteroatoms. The first-order valence-corrected chi connectivity index (χ1v) is 20.7. The van der Waals surface area contributed by atoms with Crippen molar-refractivity contribution in [1.29, 1.82) is 0 Å². The van der Waals surface area contributed by atoms with E-state index < -0.39 is 13.9 Å². The molecule has 0 aliphatic carbocycles. The van der Waals surface area contributed by atoms with Crippen LogP contribution in [0.1, 0.15) is 149 Å². The van der Waals surface area contributed by atoms with Gasteiger partial charge in [-0.05, 0) is 51.4 Å². The van der Waals surface area contributed by atoms with Gasteiger partial charge in [0.15, 0.2) is 0 Å². The van der Waals surface area contributed by atoms with Crippen molar-refractivity contribution < 1.29 is 37.3 Å². The molecule has 8 nitrogen and oxygen atoms in total. The highest BCUT2D eigenvalue weighted by molar-refractivity contribution is 7.47. The predicted molar refractivity (Wildman–Crippen MR) is 201 cm³/mol. The van der Waals surface area contributed by atoms with Gasteiger partial charge in [0.25, 0.3) is 0 Å². The van der Waals surface area contributed by atoms with E-state index in [2.05, 4.69) is 50.3 Å². The van der Waals surface area contributed by atoms with Crippen molar-refractivity contribution in [1.82, 2.24) is 0 Å². The van der Waals surface area contributed by atoms with Crippen LogP contribution in [0.4, 0.5) is 0 Å². The van der Waals surface area contributed by atoms with Gasteiger partial charge in [0, 0.05) is 13.0 Å². The molecule has 0 amide bonds. The minimum absolute atomic E-state index is 0.0857. The quantitative estimate of drug-likeness (QED) is 0.0231. The second-order valence-electron chi connectivity index (χ2n) is 14.0. The van der Waals surface area contributed by atoms with E-state index in [0.717, 1.165) is 57.8 Å². The topological polar surface area (TPSA) is 91.3 Å². The van der Waals surface area contributed by atoms with Crippen molar-refractivity contribution >= 4 is 13.8 Å². The van der Waals surface area contributed by atoms with E-state index in [1.807, 2.05) is 21.1 Å². The van der Waals surface area contributed by atoms with E-state index in [0.29, 0.717) is 24.1 Å². The molecule has 0 spiro atoms. The molecule has 1 N–H and O–H groups in total. The highest BCUT2D eigenvalue weighted by Gasteiger charge is 2.26. The predicted octanol–water partition coefficient (Wildman–Crippen LogP) is 10.7. The number of phosphoric ester groups is 1. The zero-order valence-electron chi connectivity index (χ0n) is 31.7. The molecule has 0 saturated carbocycles. The fourth-order valence-corrected chi connectivity index (χ4v) is 5.65. The van der Waals surface area contributed by atoms with E-state index in [1.54, 1.807) is 0 Å². The summed E-state index contributed by atoms with van der Waals surface area (Å²) in [6.45, 7) is 5.53. The Kier molecular flexibility index (Phi) is 32.0. The lowest BCUT2D eigenvalue weighted by Crippen LogP contribution is -2.37. The third kappa shape index (κ3) is 36.0. The number of quaternary nitrogens is 1. The molecule has 2 atom stereocenters. The lowest BCUT2D eigenvalue weighted by molar-refractivity contribution is -0.870. The molecule has 0 aliphatic rings. The Bertz CT molecular complexity index is 869. The molecule has 0 fully saturated rings. The van der Waals surface area contributed by atoms with Crippen LogP contribution in [-0.4, -0.2) is 75.6 Å². The van der Waals surface area contributed by atoms with Crippen molar-refractivity contribution in [2.75, 3.05) is 54.1 Å². The number of esters is 1. The SMILES string of the molecule is CCCCC/C=C\C/C=C\C/C=C\CCCCCCCCC(=O)OC(COCCCCCCCCC)COP(=O)(O)OCC[N+](C)(C)C. The smallest absolute Gasteiger partial charge is 0.457 e. The Morgan fingerprint density at radius 1 is 0.646 bits per heavy atom. The minimum atomic E-state index is -4.26. The third-order valence-corrected chi connectivity index (χ3v) is 8.94. The lowest BCUT2D eigenvalue weighted by atomic mass is 10.1. The van der Waals surface area contributed by atoms with E-state index >= 15 is 0 Å². The fourth-order valence-electron chi connectivity index (χ4n) is 4.91. The summed E-state index contributed by atoms with van der Waals surface area (Å²) in [5.41, 5.74) is 0. The number of carbonyl (C=O) groups is 1. The van der Waals surface area contributed by atoms with Crippen LogP contribution < -0.4 is 0 Å². The third-order valence-electron chi connectivity index (χ3n) is 7.95. The normalized spacial score (nSPS) is 14.4. The Morgan fingerprint density at radius 2 is 1.15 bits per heavy atom. The molecule has 2 unspecified atom stereocenters. The number of nitrogens with zero attached hydrogens (tertiary/aromatic N) is 1. The summed E-state index contributed by atoms with van der Waals surface area (Å²) < 4.78 is 34.7. The van der Waals surface area contributed by atoms with Crippen LogP contribution in [0.2, 0.25) is 0 Å². The maximum Gasteiger partial charge on any atom is 0.472 e. The molecule has 0 radical (unpaired) electrons. The highest BCUT2D eigenvalue weighted by atomic mass is 31.2. The summed E-state index contributed by atoms with van der Waals surface area (Å²) in [5, 5.41) is 0. The summed E-state index contributed by atoms with van der Waals surface area (Å²) in [4.78, 5) is 22.7. The summed E-state index contributed by atoms with van der Waals surface area (Å²) in [6, 6.07) is 0. The van der Waals surface area contributed by atoms with Gasteiger partial charge in [-0.1, -0.05) is 127 Å². The van der Waals surface area contributed by atoms with Crippen LogP contribution in [0.3, 0.4) is 0 Å². The summed E-state index contributed by atoms with van der Waals surface area (Å²) >= 11 is 0. The summed E-state index contributed by atoms with van der Waals surface area (Å²) in [7, 11) is 1.65. The lowest BCUT2D eigenvalue weighted by Gasteiger charge is -2.24. The second-order valence-corrected chi connectivity index (χ2v) is 15.4. The zero-order chi connectivity index (χ0) is 35.6. The van der Waals surface area contributed by atoms with E-state index in [-0.39, 0.29) is 25.8 Å². The molecular formula is C39H75NO7P+. The Labute approximate surface area is 295 Å². The standard InChI is InChI=1S/C39H74NO7P/c1-6-8-10-12-14-15-16-17-18-19-20-21-22-23-24-25-26-28-30-32-39(41)47-38(36-44-34-31-29-27-13-11-9-7-2)37-46-48(42,43)45-35-33-40(3,4)5/h14-15,17-18,20-21,38H,6-13,16,19,22-37H2,1-5H3/p+1/b15-14-,18-17-,21-20-. The van der Waals surface area contributed by atoms with Gasteiger partial charge < -0.3 is 18.9 Å². The maximum atomic E-state index is 12.6. The zero-order valence-corrected chi connectivity index (χ0v) is 32.6. The van der Waals surface area contributed by atoms with Gasteiger partial charge in [-0.3, -0.25) is 13.8 Å². The summed E-state index contributed by atoms with van der Waals surface area (Å²) in [5.74, 6) is -0.330. The highest BCUT2D eigenvalue weighted by Crippen LogP contribution is 2.43. The molecule has 0 rings (SSSR count). The molecule has 0 saturated heterocycles. The van der Waals surface area contributed by atoms with Crippen molar-refractivity contribution in [3.05, 3.63) is 36.5 Å². The molecule has 0 aromatic rings. The average molecular weight is 701 g/mol. The van der Waals surface area contributed by atoms with Gasteiger partial charge >= 0.3 is 13.8 Å². The van der Waals surface area contributed by atoms with Crippen molar-refractivity contribution in [2.24, 2.45) is 0 Å². The van der Waals surface area contributed by atoms with Crippen molar-refractivity contribution in [3.63, 3.8) is 0 Å². The Hall–Kier alpha value is -1.28.